The van der Waals surface area contributed by atoms with Crippen LogP contribution in [-0.2, 0) is 6.54 Å². The van der Waals surface area contributed by atoms with Crippen LogP contribution in [0, 0.1) is 12.7 Å². The first-order valence-corrected chi connectivity index (χ1v) is 6.33. The van der Waals surface area contributed by atoms with Gasteiger partial charge in [-0.3, -0.25) is 4.90 Å². The van der Waals surface area contributed by atoms with Gasteiger partial charge in [-0.2, -0.15) is 0 Å². The van der Waals surface area contributed by atoms with E-state index in [1.165, 1.54) is 12.8 Å². The highest BCUT2D eigenvalue weighted by atomic mass is 19.1. The van der Waals surface area contributed by atoms with Crippen molar-refractivity contribution in [2.45, 2.75) is 32.4 Å². The zero-order valence-electron chi connectivity index (χ0n) is 10.7. The summed E-state index contributed by atoms with van der Waals surface area (Å²) in [6, 6.07) is 6.11. The Morgan fingerprint density at radius 3 is 2.94 bits per heavy atom. The van der Waals surface area contributed by atoms with Crippen LogP contribution in [0.1, 0.15) is 24.0 Å². The van der Waals surface area contributed by atoms with Crippen LogP contribution in [0.3, 0.4) is 0 Å². The largest absolute Gasteiger partial charge is 0.315 e. The van der Waals surface area contributed by atoms with E-state index in [9.17, 15) is 4.39 Å². The van der Waals surface area contributed by atoms with Crippen LogP contribution in [0.15, 0.2) is 18.2 Å². The number of halogens is 1. The molecule has 0 amide bonds. The first kappa shape index (κ1) is 12.5. The number of aryl methyl sites for hydroxylation is 1. The van der Waals surface area contributed by atoms with E-state index >= 15 is 0 Å². The highest BCUT2D eigenvalue weighted by Crippen LogP contribution is 2.14. The summed E-state index contributed by atoms with van der Waals surface area (Å²) < 4.78 is 13.4. The van der Waals surface area contributed by atoms with Crippen LogP contribution in [-0.4, -0.2) is 31.1 Å². The van der Waals surface area contributed by atoms with Crippen LogP contribution in [0.2, 0.25) is 0 Å². The van der Waals surface area contributed by atoms with Crippen LogP contribution in [0.5, 0.6) is 0 Å². The lowest BCUT2D eigenvalue weighted by atomic mass is 10.1. The number of piperidine rings is 1. The summed E-state index contributed by atoms with van der Waals surface area (Å²) in [7, 11) is 2.12. The molecule has 1 aliphatic rings. The molecule has 0 aromatic heterocycles. The van der Waals surface area contributed by atoms with Crippen LogP contribution < -0.4 is 5.32 Å². The molecule has 94 valence electrons. The molecule has 17 heavy (non-hydrogen) atoms. The van der Waals surface area contributed by atoms with Crippen molar-refractivity contribution in [1.82, 2.24) is 10.2 Å². The van der Waals surface area contributed by atoms with Crippen molar-refractivity contribution in [3.63, 3.8) is 0 Å². The predicted molar refractivity (Wildman–Crippen MR) is 68.5 cm³/mol. The fourth-order valence-electron chi connectivity index (χ4n) is 2.36. The zero-order chi connectivity index (χ0) is 12.3. The molecular formula is C14H21FN2. The molecule has 2 nitrogen and oxygen atoms in total. The molecule has 1 heterocycles. The molecule has 1 aromatic rings. The average molecular weight is 236 g/mol. The Labute approximate surface area is 103 Å². The summed E-state index contributed by atoms with van der Waals surface area (Å²) in [5.74, 6) is -0.0994. The molecule has 1 fully saturated rings. The minimum atomic E-state index is -0.0994. The Balaban J connectivity index is 1.96. The van der Waals surface area contributed by atoms with Crippen molar-refractivity contribution in [2.24, 2.45) is 0 Å². The maximum absolute atomic E-state index is 13.4. The first-order valence-electron chi connectivity index (χ1n) is 6.33. The number of benzene rings is 1. The molecule has 1 unspecified atom stereocenters. The number of rotatable bonds is 3. The third-order valence-corrected chi connectivity index (χ3v) is 3.56. The molecule has 0 radical (unpaired) electrons. The second kappa shape index (κ2) is 5.61. The van der Waals surface area contributed by atoms with Crippen molar-refractivity contribution >= 4 is 0 Å². The molecule has 1 atom stereocenters. The Morgan fingerprint density at radius 2 is 2.29 bits per heavy atom. The lowest BCUT2D eigenvalue weighted by molar-refractivity contribution is 0.195. The zero-order valence-corrected chi connectivity index (χ0v) is 10.7. The topological polar surface area (TPSA) is 15.3 Å². The second-order valence-corrected chi connectivity index (χ2v) is 5.00. The summed E-state index contributed by atoms with van der Waals surface area (Å²) in [4.78, 5) is 2.32. The first-order chi connectivity index (χ1) is 8.16. The van der Waals surface area contributed by atoms with E-state index in [2.05, 4.69) is 17.3 Å². The van der Waals surface area contributed by atoms with Gasteiger partial charge in [0.2, 0.25) is 0 Å². The summed E-state index contributed by atoms with van der Waals surface area (Å²) in [5, 5.41) is 3.41. The summed E-state index contributed by atoms with van der Waals surface area (Å²) in [6.45, 7) is 4.80. The normalized spacial score (nSPS) is 20.8. The van der Waals surface area contributed by atoms with Gasteiger partial charge in [0.25, 0.3) is 0 Å². The number of hydrogen-bond acceptors (Lipinski definition) is 2. The third-order valence-electron chi connectivity index (χ3n) is 3.56. The van der Waals surface area contributed by atoms with E-state index in [0.717, 1.165) is 30.8 Å². The summed E-state index contributed by atoms with van der Waals surface area (Å²) in [6.07, 6.45) is 2.47. The molecule has 1 aliphatic heterocycles. The average Bonchev–Trinajstić information content (AvgIpc) is 2.35. The van der Waals surface area contributed by atoms with Gasteiger partial charge < -0.3 is 5.32 Å². The van der Waals surface area contributed by atoms with Crippen molar-refractivity contribution in [2.75, 3.05) is 20.1 Å². The monoisotopic (exact) mass is 236 g/mol. The van der Waals surface area contributed by atoms with Gasteiger partial charge in [0.05, 0.1) is 0 Å². The quantitative estimate of drug-likeness (QED) is 0.866. The smallest absolute Gasteiger partial charge is 0.126 e. The van der Waals surface area contributed by atoms with Gasteiger partial charge in [-0.1, -0.05) is 12.1 Å². The Hall–Kier alpha value is -0.930. The molecule has 0 aliphatic carbocycles. The summed E-state index contributed by atoms with van der Waals surface area (Å²) in [5.41, 5.74) is 1.77. The van der Waals surface area contributed by atoms with Gasteiger partial charge in [0, 0.05) is 19.1 Å². The molecule has 1 N–H and O–H groups in total. The minimum Gasteiger partial charge on any atom is -0.315 e. The Kier molecular flexibility index (Phi) is 4.13. The predicted octanol–water partition coefficient (Wildman–Crippen LogP) is 2.32. The third kappa shape index (κ3) is 3.27. The molecule has 3 heteroatoms. The van der Waals surface area contributed by atoms with Gasteiger partial charge in [-0.25, -0.2) is 4.39 Å². The lowest BCUT2D eigenvalue weighted by Crippen LogP contribution is -2.43. The number of likely N-dealkylation sites (N-methyl/N-ethyl adjacent to an activating group) is 1. The second-order valence-electron chi connectivity index (χ2n) is 5.00. The van der Waals surface area contributed by atoms with Crippen LogP contribution in [0.4, 0.5) is 4.39 Å². The van der Waals surface area contributed by atoms with E-state index in [0.29, 0.717) is 6.04 Å². The minimum absolute atomic E-state index is 0.0994. The Morgan fingerprint density at radius 1 is 1.47 bits per heavy atom. The van der Waals surface area contributed by atoms with Crippen molar-refractivity contribution in [1.29, 1.82) is 0 Å². The number of nitrogens with one attached hydrogen (secondary N) is 1. The molecule has 1 saturated heterocycles. The fourth-order valence-corrected chi connectivity index (χ4v) is 2.36. The molecular weight excluding hydrogens is 215 g/mol. The number of nitrogens with zero attached hydrogens (tertiary/aromatic N) is 1. The van der Waals surface area contributed by atoms with E-state index in [1.54, 1.807) is 13.0 Å². The summed E-state index contributed by atoms with van der Waals surface area (Å²) >= 11 is 0. The molecule has 1 aromatic carbocycles. The molecule has 0 spiro atoms. The standard InChI is InChI=1S/C14H21FN2/c1-11-5-6-12(8-14(11)15)10-17(2)13-4-3-7-16-9-13/h5-6,8,13,16H,3-4,7,9-10H2,1-2H3. The maximum Gasteiger partial charge on any atom is 0.126 e. The van der Waals surface area contributed by atoms with Gasteiger partial charge >= 0.3 is 0 Å². The molecule has 0 saturated carbocycles. The highest BCUT2D eigenvalue weighted by molar-refractivity contribution is 5.23. The van der Waals surface area contributed by atoms with Crippen molar-refractivity contribution < 1.29 is 4.39 Å². The van der Waals surface area contributed by atoms with Gasteiger partial charge in [0.1, 0.15) is 5.82 Å². The SMILES string of the molecule is Cc1ccc(CN(C)C2CCCNC2)cc1F. The van der Waals surface area contributed by atoms with E-state index in [4.69, 9.17) is 0 Å². The van der Waals surface area contributed by atoms with Crippen LogP contribution >= 0.6 is 0 Å². The molecule has 0 bridgehead atoms. The van der Waals surface area contributed by atoms with Gasteiger partial charge in [-0.15, -0.1) is 0 Å². The molecule has 2 rings (SSSR count). The van der Waals surface area contributed by atoms with Crippen molar-refractivity contribution in [3.8, 4) is 0 Å². The Bertz CT molecular complexity index is 372. The highest BCUT2D eigenvalue weighted by Gasteiger charge is 2.17. The van der Waals surface area contributed by atoms with E-state index < -0.39 is 0 Å². The van der Waals surface area contributed by atoms with Gasteiger partial charge in [-0.05, 0) is 50.6 Å². The van der Waals surface area contributed by atoms with Crippen LogP contribution in [0.25, 0.3) is 0 Å². The van der Waals surface area contributed by atoms with Crippen molar-refractivity contribution in [3.05, 3.63) is 35.1 Å². The lowest BCUT2D eigenvalue weighted by Gasteiger charge is -2.31. The van der Waals surface area contributed by atoms with E-state index in [1.807, 2.05) is 12.1 Å². The van der Waals surface area contributed by atoms with E-state index in [-0.39, 0.29) is 5.82 Å². The number of hydrogen-bond donors (Lipinski definition) is 1. The fraction of sp³-hybridized carbons (Fsp3) is 0.571. The maximum atomic E-state index is 13.4. The van der Waals surface area contributed by atoms with Gasteiger partial charge in [0.15, 0.2) is 0 Å².